The van der Waals surface area contributed by atoms with E-state index in [-0.39, 0.29) is 18.1 Å². The first-order valence-electron chi connectivity index (χ1n) is 7.81. The fourth-order valence-electron chi connectivity index (χ4n) is 3.29. The van der Waals surface area contributed by atoms with Gasteiger partial charge in [0, 0.05) is 13.1 Å². The lowest BCUT2D eigenvalue weighted by atomic mass is 10.1. The van der Waals surface area contributed by atoms with E-state index >= 15 is 0 Å². The van der Waals surface area contributed by atoms with Gasteiger partial charge in [-0.1, -0.05) is 12.1 Å². The topological polar surface area (TPSA) is 66.9 Å². The van der Waals surface area contributed by atoms with E-state index in [4.69, 9.17) is 4.74 Å². The number of fused-ring (bicyclic) bond motifs is 1. The molecule has 23 heavy (non-hydrogen) atoms. The number of carbonyl (C=O) groups is 3. The monoisotopic (exact) mass is 316 g/mol. The number of benzene rings is 1. The maximum atomic E-state index is 12.7. The molecule has 122 valence electrons. The Morgan fingerprint density at radius 2 is 1.57 bits per heavy atom. The second kappa shape index (κ2) is 5.77. The molecule has 0 bridgehead atoms. The number of amides is 3. The zero-order valence-corrected chi connectivity index (χ0v) is 13.5. The second-order valence-corrected chi connectivity index (χ2v) is 6.20. The molecule has 0 aliphatic carbocycles. The summed E-state index contributed by atoms with van der Waals surface area (Å²) >= 11 is 0. The average molecular weight is 316 g/mol. The van der Waals surface area contributed by atoms with Gasteiger partial charge in [-0.05, 0) is 32.9 Å². The molecule has 3 amide bonds. The van der Waals surface area contributed by atoms with Crippen LogP contribution < -0.4 is 0 Å². The van der Waals surface area contributed by atoms with Gasteiger partial charge in [-0.15, -0.1) is 0 Å². The summed E-state index contributed by atoms with van der Waals surface area (Å²) in [4.78, 5) is 40.4. The molecule has 3 atom stereocenters. The van der Waals surface area contributed by atoms with Crippen molar-refractivity contribution in [2.24, 2.45) is 0 Å². The molecule has 1 saturated heterocycles. The Kier molecular flexibility index (Phi) is 3.93. The van der Waals surface area contributed by atoms with Gasteiger partial charge in [0.1, 0.15) is 6.04 Å². The normalized spacial score (nSPS) is 25.5. The van der Waals surface area contributed by atoms with Crippen LogP contribution in [0.1, 0.15) is 41.5 Å². The van der Waals surface area contributed by atoms with Crippen LogP contribution in [0.5, 0.6) is 0 Å². The van der Waals surface area contributed by atoms with Gasteiger partial charge in [-0.3, -0.25) is 19.3 Å². The summed E-state index contributed by atoms with van der Waals surface area (Å²) in [7, 11) is 0. The number of carbonyl (C=O) groups excluding carboxylic acids is 3. The van der Waals surface area contributed by atoms with Crippen LogP contribution in [-0.2, 0) is 9.53 Å². The maximum Gasteiger partial charge on any atom is 0.262 e. The van der Waals surface area contributed by atoms with Crippen molar-refractivity contribution >= 4 is 17.7 Å². The molecule has 0 aromatic heterocycles. The van der Waals surface area contributed by atoms with Crippen molar-refractivity contribution < 1.29 is 19.1 Å². The SMILES string of the molecule is C[C@@H]1CN(C(=O)[C@H](C)N2C(=O)c3ccccc3C2=O)C[C@H](C)O1. The summed E-state index contributed by atoms with van der Waals surface area (Å²) in [6.07, 6.45) is -0.117. The van der Waals surface area contributed by atoms with E-state index in [9.17, 15) is 14.4 Å². The Bertz CT molecular complexity index is 627. The van der Waals surface area contributed by atoms with Crippen molar-refractivity contribution in [2.45, 2.75) is 39.0 Å². The summed E-state index contributed by atoms with van der Waals surface area (Å²) in [6.45, 7) is 6.35. The third kappa shape index (κ3) is 2.63. The Balaban J connectivity index is 1.81. The molecule has 0 N–H and O–H groups in total. The van der Waals surface area contributed by atoms with E-state index < -0.39 is 17.9 Å². The number of nitrogens with zero attached hydrogens (tertiary/aromatic N) is 2. The Morgan fingerprint density at radius 3 is 2.04 bits per heavy atom. The van der Waals surface area contributed by atoms with Crippen molar-refractivity contribution in [3.05, 3.63) is 35.4 Å². The first-order chi connectivity index (χ1) is 10.9. The Hall–Kier alpha value is -2.21. The van der Waals surface area contributed by atoms with Gasteiger partial charge < -0.3 is 9.64 Å². The zero-order valence-electron chi connectivity index (χ0n) is 13.5. The van der Waals surface area contributed by atoms with Gasteiger partial charge in [0.2, 0.25) is 5.91 Å². The molecule has 2 aliphatic heterocycles. The Labute approximate surface area is 135 Å². The minimum atomic E-state index is -0.820. The number of hydrogen-bond acceptors (Lipinski definition) is 4. The first-order valence-corrected chi connectivity index (χ1v) is 7.81. The van der Waals surface area contributed by atoms with Crippen molar-refractivity contribution in [1.82, 2.24) is 9.80 Å². The number of morpholine rings is 1. The van der Waals surface area contributed by atoms with E-state index in [1.54, 1.807) is 36.1 Å². The van der Waals surface area contributed by atoms with Gasteiger partial charge in [0.05, 0.1) is 23.3 Å². The summed E-state index contributed by atoms with van der Waals surface area (Å²) in [5.74, 6) is -1.02. The summed E-state index contributed by atoms with van der Waals surface area (Å²) in [6, 6.07) is 5.84. The largest absolute Gasteiger partial charge is 0.372 e. The van der Waals surface area contributed by atoms with Crippen molar-refractivity contribution in [1.29, 1.82) is 0 Å². The van der Waals surface area contributed by atoms with Gasteiger partial charge in [0.25, 0.3) is 11.8 Å². The van der Waals surface area contributed by atoms with E-state index in [1.165, 1.54) is 0 Å². The van der Waals surface area contributed by atoms with Crippen LogP contribution >= 0.6 is 0 Å². The highest BCUT2D eigenvalue weighted by molar-refractivity contribution is 6.22. The molecule has 2 aliphatic rings. The minimum Gasteiger partial charge on any atom is -0.372 e. The standard InChI is InChI=1S/C17H20N2O4/c1-10-8-18(9-11(2)23-10)15(20)12(3)19-16(21)13-6-4-5-7-14(13)17(19)22/h4-7,10-12H,8-9H2,1-3H3/t10-,11+,12-/m0/s1. The van der Waals surface area contributed by atoms with E-state index in [2.05, 4.69) is 0 Å². The summed E-state index contributed by atoms with van der Waals surface area (Å²) in [5.41, 5.74) is 0.724. The molecule has 3 rings (SSSR count). The molecular weight excluding hydrogens is 296 g/mol. The van der Waals surface area contributed by atoms with Crippen LogP contribution in [0.2, 0.25) is 0 Å². The lowest BCUT2D eigenvalue weighted by molar-refractivity contribution is -0.146. The molecule has 6 nitrogen and oxygen atoms in total. The molecule has 0 radical (unpaired) electrons. The number of imide groups is 1. The van der Waals surface area contributed by atoms with Crippen LogP contribution in [0.3, 0.4) is 0 Å². The van der Waals surface area contributed by atoms with E-state index in [0.29, 0.717) is 24.2 Å². The number of ether oxygens (including phenoxy) is 1. The molecule has 1 aromatic rings. The molecule has 1 aromatic carbocycles. The van der Waals surface area contributed by atoms with Crippen LogP contribution in [0.25, 0.3) is 0 Å². The third-order valence-electron chi connectivity index (χ3n) is 4.30. The molecule has 1 fully saturated rings. The maximum absolute atomic E-state index is 12.7. The van der Waals surface area contributed by atoms with Gasteiger partial charge in [0.15, 0.2) is 0 Å². The average Bonchev–Trinajstić information content (AvgIpc) is 2.77. The fourth-order valence-corrected chi connectivity index (χ4v) is 3.29. The number of rotatable bonds is 2. The predicted molar refractivity (Wildman–Crippen MR) is 83.0 cm³/mol. The molecule has 0 spiro atoms. The fraction of sp³-hybridized carbons (Fsp3) is 0.471. The molecular formula is C17H20N2O4. The van der Waals surface area contributed by atoms with Crippen LogP contribution in [0.4, 0.5) is 0 Å². The van der Waals surface area contributed by atoms with E-state index in [0.717, 1.165) is 4.90 Å². The van der Waals surface area contributed by atoms with Crippen LogP contribution in [0, 0.1) is 0 Å². The predicted octanol–water partition coefficient (Wildman–Crippen LogP) is 1.31. The second-order valence-electron chi connectivity index (χ2n) is 6.20. The highest BCUT2D eigenvalue weighted by Crippen LogP contribution is 2.25. The lowest BCUT2D eigenvalue weighted by Crippen LogP contribution is -2.55. The summed E-state index contributed by atoms with van der Waals surface area (Å²) < 4.78 is 5.62. The van der Waals surface area contributed by atoms with Crippen LogP contribution in [-0.4, -0.2) is 58.9 Å². The highest BCUT2D eigenvalue weighted by atomic mass is 16.5. The van der Waals surface area contributed by atoms with Crippen molar-refractivity contribution in [3.8, 4) is 0 Å². The van der Waals surface area contributed by atoms with Crippen LogP contribution in [0.15, 0.2) is 24.3 Å². The first kappa shape index (κ1) is 15.7. The molecule has 0 saturated carbocycles. The molecule has 2 heterocycles. The highest BCUT2D eigenvalue weighted by Gasteiger charge is 2.42. The van der Waals surface area contributed by atoms with Gasteiger partial charge >= 0.3 is 0 Å². The lowest BCUT2D eigenvalue weighted by Gasteiger charge is -2.37. The van der Waals surface area contributed by atoms with Gasteiger partial charge in [-0.2, -0.15) is 0 Å². The molecule has 6 heteroatoms. The van der Waals surface area contributed by atoms with Gasteiger partial charge in [-0.25, -0.2) is 0 Å². The quantitative estimate of drug-likeness (QED) is 0.772. The zero-order chi connectivity index (χ0) is 16.7. The third-order valence-corrected chi connectivity index (χ3v) is 4.30. The van der Waals surface area contributed by atoms with E-state index in [1.807, 2.05) is 13.8 Å². The van der Waals surface area contributed by atoms with Crippen molar-refractivity contribution in [2.75, 3.05) is 13.1 Å². The Morgan fingerprint density at radius 1 is 1.09 bits per heavy atom. The summed E-state index contributed by atoms with van der Waals surface area (Å²) in [5, 5.41) is 0. The smallest absolute Gasteiger partial charge is 0.262 e. The minimum absolute atomic E-state index is 0.0583. The van der Waals surface area contributed by atoms with Crippen molar-refractivity contribution in [3.63, 3.8) is 0 Å². The molecule has 0 unspecified atom stereocenters. The number of hydrogen-bond donors (Lipinski definition) is 0.